The summed E-state index contributed by atoms with van der Waals surface area (Å²) in [4.78, 5) is 0. The van der Waals surface area contributed by atoms with E-state index in [2.05, 4.69) is 27.7 Å². The molecular weight excluding hydrogens is 228 g/mol. The standard InChI is InChI=1S/C18H36.CH4/c1-5-8-15(3)12-17-10-7-11-18(14-17)13-16(4)9-6-2;/h15-18H,5-14H2,1-4H3;1H4. The van der Waals surface area contributed by atoms with E-state index in [1.165, 1.54) is 57.8 Å². The first-order valence-corrected chi connectivity index (χ1v) is 8.65. The fourth-order valence-corrected chi connectivity index (χ4v) is 4.19. The number of hydrogen-bond donors (Lipinski definition) is 0. The molecule has 19 heavy (non-hydrogen) atoms. The smallest absolute Gasteiger partial charge is 0.0409 e. The summed E-state index contributed by atoms with van der Waals surface area (Å²) in [6.45, 7) is 9.58. The van der Waals surface area contributed by atoms with Gasteiger partial charge in [0.25, 0.3) is 0 Å². The van der Waals surface area contributed by atoms with Gasteiger partial charge in [-0.15, -0.1) is 0 Å². The van der Waals surface area contributed by atoms with E-state index < -0.39 is 0 Å². The van der Waals surface area contributed by atoms with Crippen molar-refractivity contribution >= 4 is 0 Å². The zero-order valence-electron chi connectivity index (χ0n) is 13.4. The van der Waals surface area contributed by atoms with Crippen LogP contribution >= 0.6 is 0 Å². The van der Waals surface area contributed by atoms with Gasteiger partial charge < -0.3 is 0 Å². The van der Waals surface area contributed by atoms with Crippen LogP contribution in [0.4, 0.5) is 0 Å². The Labute approximate surface area is 123 Å². The fourth-order valence-electron chi connectivity index (χ4n) is 4.19. The van der Waals surface area contributed by atoms with Gasteiger partial charge in [-0.3, -0.25) is 0 Å². The average Bonchev–Trinajstić information content (AvgIpc) is 2.29. The molecule has 116 valence electrons. The molecule has 0 amide bonds. The second kappa shape index (κ2) is 10.7. The van der Waals surface area contributed by atoms with Crippen LogP contribution in [0.15, 0.2) is 0 Å². The second-order valence-electron chi connectivity index (χ2n) is 7.16. The minimum atomic E-state index is 0. The van der Waals surface area contributed by atoms with Crippen molar-refractivity contribution in [2.75, 3.05) is 0 Å². The maximum atomic E-state index is 2.47. The third-order valence-electron chi connectivity index (χ3n) is 4.93. The van der Waals surface area contributed by atoms with Crippen molar-refractivity contribution in [3.8, 4) is 0 Å². The first-order chi connectivity index (χ1) is 8.65. The Morgan fingerprint density at radius 2 is 1.26 bits per heavy atom. The molecule has 1 saturated carbocycles. The highest BCUT2D eigenvalue weighted by Crippen LogP contribution is 2.37. The molecule has 0 aromatic carbocycles. The van der Waals surface area contributed by atoms with Crippen molar-refractivity contribution in [2.24, 2.45) is 23.7 Å². The Morgan fingerprint density at radius 3 is 1.63 bits per heavy atom. The molecule has 0 aromatic heterocycles. The lowest BCUT2D eigenvalue weighted by molar-refractivity contribution is 0.200. The molecule has 0 N–H and O–H groups in total. The van der Waals surface area contributed by atoms with Gasteiger partial charge in [0.2, 0.25) is 0 Å². The van der Waals surface area contributed by atoms with Crippen molar-refractivity contribution in [2.45, 2.75) is 99.3 Å². The van der Waals surface area contributed by atoms with E-state index in [0.717, 1.165) is 23.7 Å². The highest BCUT2D eigenvalue weighted by molar-refractivity contribution is 4.76. The van der Waals surface area contributed by atoms with Crippen LogP contribution in [0.2, 0.25) is 0 Å². The Kier molecular flexibility index (Phi) is 10.7. The average molecular weight is 269 g/mol. The van der Waals surface area contributed by atoms with Crippen molar-refractivity contribution in [3.05, 3.63) is 0 Å². The molecule has 0 heterocycles. The molecule has 0 aromatic rings. The minimum absolute atomic E-state index is 0. The largest absolute Gasteiger partial charge is 0.0776 e. The summed E-state index contributed by atoms with van der Waals surface area (Å²) < 4.78 is 0. The molecule has 0 spiro atoms. The van der Waals surface area contributed by atoms with Crippen molar-refractivity contribution in [3.63, 3.8) is 0 Å². The second-order valence-corrected chi connectivity index (χ2v) is 7.16. The highest BCUT2D eigenvalue weighted by atomic mass is 14.3. The molecule has 1 aliphatic rings. The topological polar surface area (TPSA) is 0 Å². The van der Waals surface area contributed by atoms with Gasteiger partial charge in [-0.1, -0.05) is 80.1 Å². The van der Waals surface area contributed by atoms with Gasteiger partial charge in [-0.2, -0.15) is 0 Å². The zero-order chi connectivity index (χ0) is 13.4. The molecule has 0 radical (unpaired) electrons. The lowest BCUT2D eigenvalue weighted by atomic mass is 9.74. The summed E-state index contributed by atoms with van der Waals surface area (Å²) in [7, 11) is 0. The fraction of sp³-hybridized carbons (Fsp3) is 1.00. The van der Waals surface area contributed by atoms with Crippen LogP contribution in [0.5, 0.6) is 0 Å². The van der Waals surface area contributed by atoms with E-state index in [1.54, 1.807) is 6.42 Å². The molecule has 4 unspecified atom stereocenters. The number of rotatable bonds is 8. The van der Waals surface area contributed by atoms with Crippen molar-refractivity contribution < 1.29 is 0 Å². The van der Waals surface area contributed by atoms with Gasteiger partial charge in [0.05, 0.1) is 0 Å². The molecule has 0 heteroatoms. The summed E-state index contributed by atoms with van der Waals surface area (Å²) in [5.41, 5.74) is 0. The van der Waals surface area contributed by atoms with Crippen LogP contribution < -0.4 is 0 Å². The van der Waals surface area contributed by atoms with E-state index in [9.17, 15) is 0 Å². The van der Waals surface area contributed by atoms with Gasteiger partial charge >= 0.3 is 0 Å². The van der Waals surface area contributed by atoms with Crippen LogP contribution in [-0.4, -0.2) is 0 Å². The summed E-state index contributed by atoms with van der Waals surface area (Å²) in [6, 6.07) is 0. The van der Waals surface area contributed by atoms with E-state index in [1.807, 2.05) is 0 Å². The van der Waals surface area contributed by atoms with Gasteiger partial charge in [0.15, 0.2) is 0 Å². The van der Waals surface area contributed by atoms with E-state index in [0.29, 0.717) is 0 Å². The molecule has 1 aliphatic carbocycles. The predicted molar refractivity (Wildman–Crippen MR) is 89.6 cm³/mol. The summed E-state index contributed by atoms with van der Waals surface area (Å²) >= 11 is 0. The Balaban J connectivity index is 0.00000324. The molecule has 0 aliphatic heterocycles. The predicted octanol–water partition coefficient (Wildman–Crippen LogP) is 7.08. The quantitative estimate of drug-likeness (QED) is 0.441. The van der Waals surface area contributed by atoms with E-state index in [4.69, 9.17) is 0 Å². The summed E-state index contributed by atoms with van der Waals surface area (Å²) in [5, 5.41) is 0. The van der Waals surface area contributed by atoms with Gasteiger partial charge in [-0.25, -0.2) is 0 Å². The van der Waals surface area contributed by atoms with Crippen molar-refractivity contribution in [1.82, 2.24) is 0 Å². The van der Waals surface area contributed by atoms with Crippen molar-refractivity contribution in [1.29, 1.82) is 0 Å². The molecule has 4 atom stereocenters. The highest BCUT2D eigenvalue weighted by Gasteiger charge is 2.24. The van der Waals surface area contributed by atoms with Crippen LogP contribution in [0.3, 0.4) is 0 Å². The molecule has 1 fully saturated rings. The maximum absolute atomic E-state index is 2.47. The third kappa shape index (κ3) is 8.00. The minimum Gasteiger partial charge on any atom is -0.0776 e. The molecule has 0 bridgehead atoms. The molecular formula is C19H40. The third-order valence-corrected chi connectivity index (χ3v) is 4.93. The molecule has 0 saturated heterocycles. The first kappa shape index (κ1) is 19.0. The SMILES string of the molecule is C.CCCC(C)CC1CCCC(CC(C)CCC)C1. The van der Waals surface area contributed by atoms with Crippen LogP contribution in [0, 0.1) is 23.7 Å². The van der Waals surface area contributed by atoms with Gasteiger partial charge in [0, 0.05) is 0 Å². The lowest BCUT2D eigenvalue weighted by Gasteiger charge is -2.32. The normalized spacial score (nSPS) is 26.5. The van der Waals surface area contributed by atoms with Crippen LogP contribution in [0.25, 0.3) is 0 Å². The number of hydrogen-bond acceptors (Lipinski definition) is 0. The Morgan fingerprint density at radius 1 is 0.842 bits per heavy atom. The van der Waals surface area contributed by atoms with Gasteiger partial charge in [0.1, 0.15) is 0 Å². The van der Waals surface area contributed by atoms with Crippen LogP contribution in [-0.2, 0) is 0 Å². The molecule has 0 nitrogen and oxygen atoms in total. The summed E-state index contributed by atoms with van der Waals surface area (Å²) in [6.07, 6.45) is 14.7. The van der Waals surface area contributed by atoms with Crippen LogP contribution in [0.1, 0.15) is 99.3 Å². The maximum Gasteiger partial charge on any atom is -0.0409 e. The Bertz CT molecular complexity index is 176. The summed E-state index contributed by atoms with van der Waals surface area (Å²) in [5.74, 6) is 4.04. The van der Waals surface area contributed by atoms with Gasteiger partial charge in [-0.05, 0) is 42.9 Å². The first-order valence-electron chi connectivity index (χ1n) is 8.65. The molecule has 1 rings (SSSR count). The Hall–Kier alpha value is 0. The monoisotopic (exact) mass is 268 g/mol. The lowest BCUT2D eigenvalue weighted by Crippen LogP contribution is -2.19. The van der Waals surface area contributed by atoms with E-state index in [-0.39, 0.29) is 7.43 Å². The zero-order valence-corrected chi connectivity index (χ0v) is 13.4. The van der Waals surface area contributed by atoms with E-state index >= 15 is 0 Å².